The molecule has 2 heterocycles. The second-order valence-electron chi connectivity index (χ2n) is 4.47. The molecule has 0 saturated carbocycles. The smallest absolute Gasteiger partial charge is 0.228 e. The van der Waals surface area contributed by atoms with Crippen molar-refractivity contribution in [3.05, 3.63) is 22.4 Å². The molecule has 2 rings (SSSR count). The quantitative estimate of drug-likeness (QED) is 0.774. The summed E-state index contributed by atoms with van der Waals surface area (Å²) in [5, 5.41) is 17.6. The first-order chi connectivity index (χ1) is 8.18. The molecule has 1 aromatic rings. The van der Waals surface area contributed by atoms with Gasteiger partial charge >= 0.3 is 0 Å². The van der Waals surface area contributed by atoms with E-state index < -0.39 is 0 Å². The molecule has 0 radical (unpaired) electrons. The third-order valence-corrected chi connectivity index (χ3v) is 4.26. The fraction of sp³-hybridized carbons (Fsp3) is 0.583. The van der Waals surface area contributed by atoms with Crippen LogP contribution >= 0.6 is 23.7 Å². The number of amides is 1. The minimum Gasteiger partial charge on any atom is -0.391 e. The van der Waals surface area contributed by atoms with Crippen LogP contribution in [0.4, 0.5) is 0 Å². The van der Waals surface area contributed by atoms with Crippen LogP contribution in [-0.4, -0.2) is 36.8 Å². The summed E-state index contributed by atoms with van der Waals surface area (Å²) in [5.74, 6) is 0.0579. The second kappa shape index (κ2) is 7.09. The Morgan fingerprint density at radius 1 is 1.67 bits per heavy atom. The molecule has 1 aliphatic rings. The molecule has 1 aliphatic heterocycles. The molecule has 0 aromatic carbocycles. The molecule has 1 fully saturated rings. The van der Waals surface area contributed by atoms with Gasteiger partial charge in [-0.3, -0.25) is 4.79 Å². The lowest BCUT2D eigenvalue weighted by atomic mass is 10.1. The molecule has 1 amide bonds. The molecule has 18 heavy (non-hydrogen) atoms. The Morgan fingerprint density at radius 3 is 3.00 bits per heavy atom. The molecule has 3 atom stereocenters. The van der Waals surface area contributed by atoms with E-state index in [1.165, 1.54) is 0 Å². The normalized spacial score (nSPS) is 24.3. The van der Waals surface area contributed by atoms with Crippen molar-refractivity contribution >= 4 is 29.7 Å². The van der Waals surface area contributed by atoms with Crippen molar-refractivity contribution in [3.63, 3.8) is 0 Å². The molecule has 6 heteroatoms. The number of carbonyl (C=O) groups is 1. The monoisotopic (exact) mass is 290 g/mol. The number of aliphatic hydroxyl groups is 1. The average molecular weight is 291 g/mol. The highest BCUT2D eigenvalue weighted by atomic mass is 35.5. The Kier molecular flexibility index (Phi) is 6.08. The minimum atomic E-state index is -0.340. The molecular formula is C12H19ClN2O2S. The third-order valence-electron chi connectivity index (χ3n) is 3.21. The van der Waals surface area contributed by atoms with Crippen LogP contribution in [-0.2, 0) is 4.79 Å². The maximum atomic E-state index is 11.9. The number of aliphatic hydroxyl groups excluding tert-OH is 1. The number of carbonyl (C=O) groups excluding carboxylic acids is 1. The van der Waals surface area contributed by atoms with Crippen LogP contribution in [0.1, 0.15) is 17.7 Å². The van der Waals surface area contributed by atoms with Gasteiger partial charge in [0.2, 0.25) is 5.91 Å². The summed E-state index contributed by atoms with van der Waals surface area (Å²) in [6.07, 6.45) is -0.340. The third kappa shape index (κ3) is 3.68. The SMILES string of the molecule is CC(C(=O)NCC1CNCC1O)c1cccs1.Cl. The fourth-order valence-corrected chi connectivity index (χ4v) is 2.76. The summed E-state index contributed by atoms with van der Waals surface area (Å²) < 4.78 is 0. The van der Waals surface area contributed by atoms with E-state index in [9.17, 15) is 9.90 Å². The second-order valence-corrected chi connectivity index (χ2v) is 5.45. The van der Waals surface area contributed by atoms with Crippen molar-refractivity contribution in [2.45, 2.75) is 18.9 Å². The lowest BCUT2D eigenvalue weighted by Crippen LogP contribution is -2.36. The van der Waals surface area contributed by atoms with E-state index in [-0.39, 0.29) is 36.3 Å². The van der Waals surface area contributed by atoms with Crippen molar-refractivity contribution in [1.82, 2.24) is 10.6 Å². The Hall–Kier alpha value is -0.620. The number of β-amino-alcohol motifs (C(OH)–C–C–N with tert-alkyl or cyclic N) is 1. The molecule has 102 valence electrons. The first-order valence-corrected chi connectivity index (χ1v) is 6.76. The van der Waals surface area contributed by atoms with E-state index in [1.54, 1.807) is 11.3 Å². The number of hydrogen-bond acceptors (Lipinski definition) is 4. The Balaban J connectivity index is 0.00000162. The van der Waals surface area contributed by atoms with Crippen LogP contribution in [0, 0.1) is 5.92 Å². The molecule has 3 N–H and O–H groups in total. The van der Waals surface area contributed by atoms with Crippen LogP contribution in [0.2, 0.25) is 0 Å². The fourth-order valence-electron chi connectivity index (χ4n) is 1.98. The number of halogens is 1. The zero-order valence-corrected chi connectivity index (χ0v) is 11.9. The first-order valence-electron chi connectivity index (χ1n) is 5.88. The van der Waals surface area contributed by atoms with E-state index in [0.717, 1.165) is 11.4 Å². The maximum absolute atomic E-state index is 11.9. The summed E-state index contributed by atoms with van der Waals surface area (Å²) in [7, 11) is 0. The molecule has 1 saturated heterocycles. The van der Waals surface area contributed by atoms with E-state index in [1.807, 2.05) is 24.4 Å². The van der Waals surface area contributed by atoms with Gasteiger partial charge in [0.05, 0.1) is 12.0 Å². The zero-order chi connectivity index (χ0) is 12.3. The van der Waals surface area contributed by atoms with Gasteiger partial charge in [0.1, 0.15) is 0 Å². The van der Waals surface area contributed by atoms with Gasteiger partial charge < -0.3 is 15.7 Å². The van der Waals surface area contributed by atoms with E-state index in [0.29, 0.717) is 13.1 Å². The molecule has 3 unspecified atom stereocenters. The number of hydrogen-bond donors (Lipinski definition) is 3. The van der Waals surface area contributed by atoms with Gasteiger partial charge in [-0.2, -0.15) is 0 Å². The maximum Gasteiger partial charge on any atom is 0.228 e. The molecule has 0 spiro atoms. The van der Waals surface area contributed by atoms with Crippen molar-refractivity contribution in [3.8, 4) is 0 Å². The lowest BCUT2D eigenvalue weighted by molar-refractivity contribution is -0.122. The molecule has 4 nitrogen and oxygen atoms in total. The summed E-state index contributed by atoms with van der Waals surface area (Å²) in [4.78, 5) is 13.0. The highest BCUT2D eigenvalue weighted by Crippen LogP contribution is 2.20. The van der Waals surface area contributed by atoms with Crippen LogP contribution in [0.3, 0.4) is 0 Å². The largest absolute Gasteiger partial charge is 0.391 e. The number of thiophene rings is 1. The highest BCUT2D eigenvalue weighted by molar-refractivity contribution is 7.10. The summed E-state index contributed by atoms with van der Waals surface area (Å²) in [6.45, 7) is 3.85. The van der Waals surface area contributed by atoms with Gasteiger partial charge in [-0.05, 0) is 18.4 Å². The molecule has 0 bridgehead atoms. The number of rotatable bonds is 4. The average Bonchev–Trinajstić information content (AvgIpc) is 2.96. The predicted molar refractivity (Wildman–Crippen MR) is 75.4 cm³/mol. The van der Waals surface area contributed by atoms with Crippen LogP contribution in [0.5, 0.6) is 0 Å². The molecular weight excluding hydrogens is 272 g/mol. The van der Waals surface area contributed by atoms with E-state index >= 15 is 0 Å². The van der Waals surface area contributed by atoms with Crippen molar-refractivity contribution < 1.29 is 9.90 Å². The lowest BCUT2D eigenvalue weighted by Gasteiger charge is -2.16. The predicted octanol–water partition coefficient (Wildman–Crippen LogP) is 0.970. The highest BCUT2D eigenvalue weighted by Gasteiger charge is 2.26. The van der Waals surface area contributed by atoms with Crippen molar-refractivity contribution in [2.75, 3.05) is 19.6 Å². The topological polar surface area (TPSA) is 61.4 Å². The molecule has 1 aromatic heterocycles. The van der Waals surface area contributed by atoms with Gasteiger partial charge in [0.15, 0.2) is 0 Å². The summed E-state index contributed by atoms with van der Waals surface area (Å²) in [5.41, 5.74) is 0. The Morgan fingerprint density at radius 2 is 2.44 bits per heavy atom. The van der Waals surface area contributed by atoms with Crippen LogP contribution < -0.4 is 10.6 Å². The minimum absolute atomic E-state index is 0. The van der Waals surface area contributed by atoms with Crippen LogP contribution in [0.25, 0.3) is 0 Å². The Bertz CT molecular complexity index is 372. The van der Waals surface area contributed by atoms with Crippen molar-refractivity contribution in [1.29, 1.82) is 0 Å². The van der Waals surface area contributed by atoms with Gasteiger partial charge in [0.25, 0.3) is 0 Å². The Labute approximate surface area is 117 Å². The van der Waals surface area contributed by atoms with Gasteiger partial charge in [0, 0.05) is 30.4 Å². The van der Waals surface area contributed by atoms with E-state index in [2.05, 4.69) is 10.6 Å². The molecule has 0 aliphatic carbocycles. The van der Waals surface area contributed by atoms with Gasteiger partial charge in [-0.25, -0.2) is 0 Å². The van der Waals surface area contributed by atoms with Crippen molar-refractivity contribution in [2.24, 2.45) is 5.92 Å². The summed E-state index contributed by atoms with van der Waals surface area (Å²) in [6, 6.07) is 3.93. The van der Waals surface area contributed by atoms with Gasteiger partial charge in [-0.1, -0.05) is 6.07 Å². The number of nitrogens with one attached hydrogen (secondary N) is 2. The standard InChI is InChI=1S/C12H18N2O2S.ClH/c1-8(11-3-2-4-17-11)12(16)14-6-9-5-13-7-10(9)15;/h2-4,8-10,13,15H,5-7H2,1H3,(H,14,16);1H. The zero-order valence-electron chi connectivity index (χ0n) is 10.3. The van der Waals surface area contributed by atoms with Crippen LogP contribution in [0.15, 0.2) is 17.5 Å². The van der Waals surface area contributed by atoms with E-state index in [4.69, 9.17) is 0 Å². The van der Waals surface area contributed by atoms with Gasteiger partial charge in [-0.15, -0.1) is 23.7 Å². The first kappa shape index (κ1) is 15.4. The summed E-state index contributed by atoms with van der Waals surface area (Å²) >= 11 is 1.60.